The van der Waals surface area contributed by atoms with Crippen LogP contribution in [-0.2, 0) is 4.79 Å². The van der Waals surface area contributed by atoms with E-state index in [0.717, 1.165) is 25.4 Å². The molecule has 0 bridgehead atoms. The molecule has 1 heterocycles. The van der Waals surface area contributed by atoms with E-state index in [1.807, 2.05) is 23.6 Å². The number of rotatable bonds is 3. The highest BCUT2D eigenvalue weighted by Crippen LogP contribution is 2.17. The Morgan fingerprint density at radius 3 is 3.08 bits per heavy atom. The highest BCUT2D eigenvalue weighted by Gasteiger charge is 2.20. The molecular formula is C9H18N2OS. The third-order valence-corrected chi connectivity index (χ3v) is 3.26. The first kappa shape index (κ1) is 10.9. The van der Waals surface area contributed by atoms with Crippen molar-refractivity contribution in [1.82, 2.24) is 10.2 Å². The molecule has 0 saturated carbocycles. The van der Waals surface area contributed by atoms with Gasteiger partial charge in [0.1, 0.15) is 0 Å². The lowest BCUT2D eigenvalue weighted by atomic mass is 10.3. The maximum atomic E-state index is 11.6. The summed E-state index contributed by atoms with van der Waals surface area (Å²) in [6, 6.07) is 0. The molecule has 1 aliphatic heterocycles. The summed E-state index contributed by atoms with van der Waals surface area (Å²) < 4.78 is 0. The van der Waals surface area contributed by atoms with Crippen molar-refractivity contribution in [1.29, 1.82) is 0 Å². The van der Waals surface area contributed by atoms with E-state index in [9.17, 15) is 4.79 Å². The summed E-state index contributed by atoms with van der Waals surface area (Å²) in [7, 11) is 0. The second-order valence-corrected chi connectivity index (χ2v) is 4.85. The molecule has 1 amide bonds. The lowest BCUT2D eigenvalue weighted by Gasteiger charge is -2.30. The Labute approximate surface area is 84.2 Å². The van der Waals surface area contributed by atoms with Crippen molar-refractivity contribution in [3.05, 3.63) is 0 Å². The summed E-state index contributed by atoms with van der Waals surface area (Å²) in [6.45, 7) is 7.38. The van der Waals surface area contributed by atoms with Crippen LogP contribution in [0.5, 0.6) is 0 Å². The Bertz CT molecular complexity index is 175. The molecule has 0 radical (unpaired) electrons. The molecule has 3 nitrogen and oxygen atoms in total. The quantitative estimate of drug-likeness (QED) is 0.726. The molecule has 0 aliphatic carbocycles. The van der Waals surface area contributed by atoms with Crippen LogP contribution in [0.15, 0.2) is 0 Å². The number of amides is 1. The number of likely N-dealkylation sites (N-methyl/N-ethyl adjacent to an activating group) is 1. The molecular weight excluding hydrogens is 184 g/mol. The molecule has 4 heteroatoms. The highest BCUT2D eigenvalue weighted by atomic mass is 32.2. The molecule has 0 spiro atoms. The van der Waals surface area contributed by atoms with Gasteiger partial charge in [-0.3, -0.25) is 4.79 Å². The second-order valence-electron chi connectivity index (χ2n) is 3.30. The number of nitrogens with one attached hydrogen (secondary N) is 1. The minimum Gasteiger partial charge on any atom is -0.340 e. The van der Waals surface area contributed by atoms with Gasteiger partial charge in [-0.2, -0.15) is 11.8 Å². The number of nitrogens with zero attached hydrogens (tertiary/aromatic N) is 1. The summed E-state index contributed by atoms with van der Waals surface area (Å²) in [6.07, 6.45) is 0. The molecule has 0 aromatic rings. The maximum Gasteiger partial charge on any atom is 0.236 e. The monoisotopic (exact) mass is 202 g/mol. The Hall–Kier alpha value is -0.220. The zero-order valence-electron chi connectivity index (χ0n) is 8.38. The number of carbonyl (C=O) groups excluding carboxylic acids is 1. The van der Waals surface area contributed by atoms with Gasteiger partial charge in [0, 0.05) is 24.1 Å². The zero-order chi connectivity index (χ0) is 9.68. The van der Waals surface area contributed by atoms with Crippen molar-refractivity contribution in [2.45, 2.75) is 19.1 Å². The second kappa shape index (κ2) is 5.50. The van der Waals surface area contributed by atoms with Crippen LogP contribution in [0.25, 0.3) is 0 Å². The molecule has 1 atom stereocenters. The topological polar surface area (TPSA) is 32.3 Å². The molecule has 1 unspecified atom stereocenters. The van der Waals surface area contributed by atoms with Gasteiger partial charge in [-0.1, -0.05) is 13.8 Å². The van der Waals surface area contributed by atoms with Crippen LogP contribution in [0.1, 0.15) is 13.8 Å². The summed E-state index contributed by atoms with van der Waals surface area (Å²) in [5, 5.41) is 3.66. The first-order chi connectivity index (χ1) is 6.24. The van der Waals surface area contributed by atoms with Crippen LogP contribution in [0.4, 0.5) is 0 Å². The first-order valence-corrected chi connectivity index (χ1v) is 5.89. The molecule has 0 aromatic carbocycles. The van der Waals surface area contributed by atoms with Crippen LogP contribution < -0.4 is 5.32 Å². The predicted molar refractivity (Wildman–Crippen MR) is 57.0 cm³/mol. The third kappa shape index (κ3) is 3.56. The molecule has 1 saturated heterocycles. The largest absolute Gasteiger partial charge is 0.340 e. The van der Waals surface area contributed by atoms with Crippen LogP contribution in [0, 0.1) is 0 Å². The van der Waals surface area contributed by atoms with Crippen LogP contribution in [0.2, 0.25) is 0 Å². The molecule has 1 rings (SSSR count). The fraction of sp³-hybridized carbons (Fsp3) is 0.889. The third-order valence-electron chi connectivity index (χ3n) is 2.12. The highest BCUT2D eigenvalue weighted by molar-refractivity contribution is 7.99. The van der Waals surface area contributed by atoms with Gasteiger partial charge in [-0.05, 0) is 6.54 Å². The van der Waals surface area contributed by atoms with Gasteiger partial charge in [0.15, 0.2) is 0 Å². The van der Waals surface area contributed by atoms with E-state index in [-0.39, 0.29) is 5.91 Å². The summed E-state index contributed by atoms with van der Waals surface area (Å²) >= 11 is 1.95. The molecule has 76 valence electrons. The van der Waals surface area contributed by atoms with E-state index >= 15 is 0 Å². The smallest absolute Gasteiger partial charge is 0.236 e. The Morgan fingerprint density at radius 1 is 1.69 bits per heavy atom. The van der Waals surface area contributed by atoms with Crippen LogP contribution >= 0.6 is 11.8 Å². The van der Waals surface area contributed by atoms with Gasteiger partial charge in [0.05, 0.1) is 6.54 Å². The molecule has 13 heavy (non-hydrogen) atoms. The molecule has 0 aromatic heterocycles. The number of carbonyl (C=O) groups is 1. The molecule has 1 aliphatic rings. The van der Waals surface area contributed by atoms with E-state index in [2.05, 4.69) is 12.2 Å². The Morgan fingerprint density at radius 2 is 2.46 bits per heavy atom. The zero-order valence-corrected chi connectivity index (χ0v) is 9.19. The summed E-state index contributed by atoms with van der Waals surface area (Å²) in [5.74, 6) is 1.33. The van der Waals surface area contributed by atoms with E-state index < -0.39 is 0 Å². The Balaban J connectivity index is 2.28. The van der Waals surface area contributed by atoms with Gasteiger partial charge < -0.3 is 10.2 Å². The first-order valence-electron chi connectivity index (χ1n) is 4.84. The van der Waals surface area contributed by atoms with Crippen LogP contribution in [0.3, 0.4) is 0 Å². The number of thioether (sulfide) groups is 1. The SMILES string of the molecule is CCNCC(=O)N1CCSC(C)C1. The summed E-state index contributed by atoms with van der Waals surface area (Å²) in [4.78, 5) is 13.5. The predicted octanol–water partition coefficient (Wildman–Crippen LogP) is 0.560. The van der Waals surface area contributed by atoms with E-state index in [1.165, 1.54) is 0 Å². The maximum absolute atomic E-state index is 11.6. The lowest BCUT2D eigenvalue weighted by Crippen LogP contribution is -2.44. The average molecular weight is 202 g/mol. The van der Waals surface area contributed by atoms with Crippen molar-refractivity contribution in [2.75, 3.05) is 31.9 Å². The molecule has 1 N–H and O–H groups in total. The average Bonchev–Trinajstić information content (AvgIpc) is 2.14. The van der Waals surface area contributed by atoms with Crippen molar-refractivity contribution >= 4 is 17.7 Å². The van der Waals surface area contributed by atoms with Crippen LogP contribution in [-0.4, -0.2) is 48.0 Å². The van der Waals surface area contributed by atoms with E-state index in [4.69, 9.17) is 0 Å². The van der Waals surface area contributed by atoms with E-state index in [1.54, 1.807) is 0 Å². The number of hydrogen-bond acceptors (Lipinski definition) is 3. The van der Waals surface area contributed by atoms with Crippen molar-refractivity contribution < 1.29 is 4.79 Å². The van der Waals surface area contributed by atoms with Crippen molar-refractivity contribution in [3.63, 3.8) is 0 Å². The van der Waals surface area contributed by atoms with Gasteiger partial charge in [-0.15, -0.1) is 0 Å². The van der Waals surface area contributed by atoms with Crippen molar-refractivity contribution in [2.24, 2.45) is 0 Å². The normalized spacial score (nSPS) is 23.2. The van der Waals surface area contributed by atoms with Gasteiger partial charge in [0.2, 0.25) is 5.91 Å². The fourth-order valence-electron chi connectivity index (χ4n) is 1.39. The van der Waals surface area contributed by atoms with Crippen molar-refractivity contribution in [3.8, 4) is 0 Å². The number of hydrogen-bond donors (Lipinski definition) is 1. The summed E-state index contributed by atoms with van der Waals surface area (Å²) in [5.41, 5.74) is 0. The molecule has 1 fully saturated rings. The lowest BCUT2D eigenvalue weighted by molar-refractivity contribution is -0.130. The standard InChI is InChI=1S/C9H18N2OS/c1-3-10-6-9(12)11-4-5-13-8(2)7-11/h8,10H,3-7H2,1-2H3. The van der Waals surface area contributed by atoms with E-state index in [0.29, 0.717) is 11.8 Å². The fourth-order valence-corrected chi connectivity index (χ4v) is 2.40. The minimum atomic E-state index is 0.244. The Kier molecular flexibility index (Phi) is 4.59. The minimum absolute atomic E-state index is 0.244. The van der Waals surface area contributed by atoms with Gasteiger partial charge in [0.25, 0.3) is 0 Å². The van der Waals surface area contributed by atoms with Gasteiger partial charge in [-0.25, -0.2) is 0 Å². The van der Waals surface area contributed by atoms with Gasteiger partial charge >= 0.3 is 0 Å².